The van der Waals surface area contributed by atoms with Crippen LogP contribution in [0.15, 0.2) is 57.9 Å². The predicted molar refractivity (Wildman–Crippen MR) is 88.4 cm³/mol. The molecule has 0 aliphatic carbocycles. The van der Waals surface area contributed by atoms with Crippen LogP contribution in [0.3, 0.4) is 0 Å². The standard InChI is InChI=1S/C16H16BrNOS/c1-12-7-8-14(15(17)11-12)16(19)18-9-10-20-13-5-3-2-4-6-13/h2-8,11H,9-10H2,1H3,(H,18,19). The summed E-state index contributed by atoms with van der Waals surface area (Å²) in [5.74, 6) is 0.824. The number of carbonyl (C=O) groups is 1. The Morgan fingerprint density at radius 3 is 2.65 bits per heavy atom. The summed E-state index contributed by atoms with van der Waals surface area (Å²) < 4.78 is 0.839. The highest BCUT2D eigenvalue weighted by Crippen LogP contribution is 2.19. The fourth-order valence-electron chi connectivity index (χ4n) is 1.75. The van der Waals surface area contributed by atoms with Crippen LogP contribution < -0.4 is 5.32 Å². The van der Waals surface area contributed by atoms with Gasteiger partial charge >= 0.3 is 0 Å². The lowest BCUT2D eigenvalue weighted by Crippen LogP contribution is -2.26. The average Bonchev–Trinajstić information content (AvgIpc) is 2.44. The Kier molecular flexibility index (Phi) is 5.68. The molecule has 0 spiro atoms. The zero-order valence-corrected chi connectivity index (χ0v) is 13.6. The highest BCUT2D eigenvalue weighted by molar-refractivity contribution is 9.10. The summed E-state index contributed by atoms with van der Waals surface area (Å²) in [4.78, 5) is 13.3. The van der Waals surface area contributed by atoms with Gasteiger partial charge in [-0.25, -0.2) is 0 Å². The molecular formula is C16H16BrNOS. The smallest absolute Gasteiger partial charge is 0.252 e. The second-order valence-corrected chi connectivity index (χ2v) is 6.42. The molecule has 0 radical (unpaired) electrons. The number of hydrogen-bond acceptors (Lipinski definition) is 2. The summed E-state index contributed by atoms with van der Waals surface area (Å²) in [7, 11) is 0. The van der Waals surface area contributed by atoms with Gasteiger partial charge in [-0.2, -0.15) is 0 Å². The molecule has 2 aromatic rings. The van der Waals surface area contributed by atoms with Crippen molar-refractivity contribution in [1.29, 1.82) is 0 Å². The zero-order chi connectivity index (χ0) is 14.4. The van der Waals surface area contributed by atoms with E-state index in [1.807, 2.05) is 43.3 Å². The topological polar surface area (TPSA) is 29.1 Å². The van der Waals surface area contributed by atoms with Crippen LogP contribution in [0.1, 0.15) is 15.9 Å². The van der Waals surface area contributed by atoms with Gasteiger partial charge in [0.1, 0.15) is 0 Å². The molecule has 0 aromatic heterocycles. The van der Waals surface area contributed by atoms with E-state index in [2.05, 4.69) is 33.4 Å². The van der Waals surface area contributed by atoms with Gasteiger partial charge in [0, 0.05) is 21.7 Å². The normalized spacial score (nSPS) is 10.3. The van der Waals surface area contributed by atoms with Crippen LogP contribution in [0.2, 0.25) is 0 Å². The third kappa shape index (κ3) is 4.39. The maximum atomic E-state index is 12.0. The minimum atomic E-state index is -0.0365. The summed E-state index contributed by atoms with van der Waals surface area (Å²) in [6, 6.07) is 15.9. The first-order valence-corrected chi connectivity index (χ1v) is 8.17. The summed E-state index contributed by atoms with van der Waals surface area (Å²) in [6.45, 7) is 2.65. The minimum Gasteiger partial charge on any atom is -0.351 e. The van der Waals surface area contributed by atoms with Gasteiger partial charge in [-0.1, -0.05) is 24.3 Å². The van der Waals surface area contributed by atoms with Crippen molar-refractivity contribution in [3.05, 3.63) is 64.1 Å². The molecule has 2 rings (SSSR count). The van der Waals surface area contributed by atoms with Crippen molar-refractivity contribution >= 4 is 33.6 Å². The molecule has 0 saturated heterocycles. The molecule has 2 nitrogen and oxygen atoms in total. The number of thioether (sulfide) groups is 1. The average molecular weight is 350 g/mol. The van der Waals surface area contributed by atoms with E-state index in [0.717, 1.165) is 15.8 Å². The molecule has 20 heavy (non-hydrogen) atoms. The molecule has 4 heteroatoms. The van der Waals surface area contributed by atoms with E-state index >= 15 is 0 Å². The van der Waals surface area contributed by atoms with Gasteiger partial charge in [0.05, 0.1) is 5.56 Å². The molecule has 0 bridgehead atoms. The van der Waals surface area contributed by atoms with Gasteiger partial charge in [-0.05, 0) is 52.7 Å². The molecule has 0 aliphatic heterocycles. The fourth-order valence-corrected chi connectivity index (χ4v) is 3.21. The van der Waals surface area contributed by atoms with Crippen molar-refractivity contribution in [3.8, 4) is 0 Å². The first-order valence-electron chi connectivity index (χ1n) is 6.39. The van der Waals surface area contributed by atoms with Crippen LogP contribution in [-0.4, -0.2) is 18.2 Å². The Hall–Kier alpha value is -1.26. The van der Waals surface area contributed by atoms with E-state index in [1.165, 1.54) is 4.90 Å². The summed E-state index contributed by atoms with van der Waals surface area (Å²) in [5, 5.41) is 2.94. The van der Waals surface area contributed by atoms with Crippen molar-refractivity contribution in [3.63, 3.8) is 0 Å². The van der Waals surface area contributed by atoms with Crippen molar-refractivity contribution in [2.45, 2.75) is 11.8 Å². The van der Waals surface area contributed by atoms with Crippen LogP contribution in [0, 0.1) is 6.92 Å². The number of hydrogen-bond donors (Lipinski definition) is 1. The summed E-state index contributed by atoms with van der Waals surface area (Å²) >= 11 is 5.17. The SMILES string of the molecule is Cc1ccc(C(=O)NCCSc2ccccc2)c(Br)c1. The maximum Gasteiger partial charge on any atom is 0.252 e. The second kappa shape index (κ2) is 7.50. The van der Waals surface area contributed by atoms with Gasteiger partial charge in [-0.15, -0.1) is 11.8 Å². The molecular weight excluding hydrogens is 334 g/mol. The Labute approximate surface area is 132 Å². The molecule has 0 aliphatic rings. The Morgan fingerprint density at radius 2 is 1.95 bits per heavy atom. The van der Waals surface area contributed by atoms with Crippen molar-refractivity contribution < 1.29 is 4.79 Å². The number of nitrogens with one attached hydrogen (secondary N) is 1. The summed E-state index contributed by atoms with van der Waals surface area (Å²) in [6.07, 6.45) is 0. The monoisotopic (exact) mass is 349 g/mol. The van der Waals surface area contributed by atoms with Crippen molar-refractivity contribution in [2.75, 3.05) is 12.3 Å². The van der Waals surface area contributed by atoms with Crippen molar-refractivity contribution in [2.24, 2.45) is 0 Å². The third-order valence-corrected chi connectivity index (χ3v) is 4.44. The zero-order valence-electron chi connectivity index (χ0n) is 11.2. The van der Waals surface area contributed by atoms with Crippen LogP contribution in [-0.2, 0) is 0 Å². The molecule has 104 valence electrons. The number of amides is 1. The van der Waals surface area contributed by atoms with E-state index in [0.29, 0.717) is 12.1 Å². The van der Waals surface area contributed by atoms with E-state index in [-0.39, 0.29) is 5.91 Å². The lowest BCUT2D eigenvalue weighted by Gasteiger charge is -2.07. The largest absolute Gasteiger partial charge is 0.351 e. The molecule has 0 atom stereocenters. The van der Waals surface area contributed by atoms with Gasteiger partial charge in [-0.3, -0.25) is 4.79 Å². The quantitative estimate of drug-likeness (QED) is 0.644. The van der Waals surface area contributed by atoms with Crippen LogP contribution >= 0.6 is 27.7 Å². The molecule has 0 fully saturated rings. The lowest BCUT2D eigenvalue weighted by molar-refractivity contribution is 0.0955. The van der Waals surface area contributed by atoms with Crippen LogP contribution in [0.4, 0.5) is 0 Å². The highest BCUT2D eigenvalue weighted by atomic mass is 79.9. The minimum absolute atomic E-state index is 0.0365. The Balaban J connectivity index is 1.80. The van der Waals surface area contributed by atoms with Crippen molar-refractivity contribution in [1.82, 2.24) is 5.32 Å². The number of carbonyl (C=O) groups excluding carboxylic acids is 1. The highest BCUT2D eigenvalue weighted by Gasteiger charge is 2.08. The fraction of sp³-hybridized carbons (Fsp3) is 0.188. The first kappa shape index (κ1) is 15.1. The van der Waals surface area contributed by atoms with Crippen LogP contribution in [0.25, 0.3) is 0 Å². The lowest BCUT2D eigenvalue weighted by atomic mass is 10.1. The van der Waals surface area contributed by atoms with E-state index in [4.69, 9.17) is 0 Å². The molecule has 0 unspecified atom stereocenters. The van der Waals surface area contributed by atoms with Crippen LogP contribution in [0.5, 0.6) is 0 Å². The summed E-state index contributed by atoms with van der Waals surface area (Å²) in [5.41, 5.74) is 1.81. The van der Waals surface area contributed by atoms with Gasteiger partial charge in [0.25, 0.3) is 5.91 Å². The predicted octanol–water partition coefficient (Wildman–Crippen LogP) is 4.28. The first-order chi connectivity index (χ1) is 9.66. The molecule has 1 N–H and O–H groups in total. The van der Waals surface area contributed by atoms with Gasteiger partial charge < -0.3 is 5.32 Å². The molecule has 0 heterocycles. The Morgan fingerprint density at radius 1 is 1.20 bits per heavy atom. The second-order valence-electron chi connectivity index (χ2n) is 4.40. The molecule has 1 amide bonds. The molecule has 0 saturated carbocycles. The van der Waals surface area contributed by atoms with Gasteiger partial charge in [0.15, 0.2) is 0 Å². The van der Waals surface area contributed by atoms with Gasteiger partial charge in [0.2, 0.25) is 0 Å². The number of halogens is 1. The van der Waals surface area contributed by atoms with E-state index in [9.17, 15) is 4.79 Å². The Bertz CT molecular complexity index is 586. The van der Waals surface area contributed by atoms with E-state index in [1.54, 1.807) is 11.8 Å². The molecule has 2 aromatic carbocycles. The number of rotatable bonds is 5. The number of benzene rings is 2. The number of aryl methyl sites for hydroxylation is 1. The van der Waals surface area contributed by atoms with E-state index < -0.39 is 0 Å². The third-order valence-electron chi connectivity index (χ3n) is 2.77. The maximum absolute atomic E-state index is 12.0.